The first kappa shape index (κ1) is 12.2. The van der Waals surface area contributed by atoms with E-state index in [0.717, 1.165) is 12.8 Å². The smallest absolute Gasteiger partial charge is 0.0871 e. The third kappa shape index (κ3) is 3.33. The minimum atomic E-state index is -0.241. The molecule has 0 atom stereocenters. The number of ether oxygens (including phenoxy) is 1. The molecule has 0 aliphatic rings. The van der Waals surface area contributed by atoms with E-state index in [4.69, 9.17) is 9.84 Å². The topological polar surface area (TPSA) is 29.5 Å². The molecule has 1 aromatic rings. The van der Waals surface area contributed by atoms with Crippen molar-refractivity contribution < 1.29 is 9.84 Å². The van der Waals surface area contributed by atoms with Gasteiger partial charge in [-0.2, -0.15) is 0 Å². The zero-order valence-corrected chi connectivity index (χ0v) is 9.79. The van der Waals surface area contributed by atoms with E-state index >= 15 is 0 Å². The van der Waals surface area contributed by atoms with Gasteiger partial charge in [0.1, 0.15) is 0 Å². The molecule has 0 saturated carbocycles. The fourth-order valence-electron chi connectivity index (χ4n) is 1.50. The van der Waals surface area contributed by atoms with Gasteiger partial charge >= 0.3 is 0 Å². The summed E-state index contributed by atoms with van der Waals surface area (Å²) in [6.45, 7) is 4.36. The van der Waals surface area contributed by atoms with Crippen molar-refractivity contribution in [2.75, 3.05) is 13.7 Å². The van der Waals surface area contributed by atoms with Crippen molar-refractivity contribution in [3.63, 3.8) is 0 Å². The summed E-state index contributed by atoms with van der Waals surface area (Å²) in [4.78, 5) is 0. The van der Waals surface area contributed by atoms with Crippen molar-refractivity contribution in [3.05, 3.63) is 35.4 Å². The monoisotopic (exact) mass is 208 g/mol. The highest BCUT2D eigenvalue weighted by Gasteiger charge is 2.19. The maximum atomic E-state index is 8.78. The van der Waals surface area contributed by atoms with Crippen molar-refractivity contribution in [1.29, 1.82) is 0 Å². The Balaban J connectivity index is 2.82. The summed E-state index contributed by atoms with van der Waals surface area (Å²) in [5, 5.41) is 8.78. The second-order valence-electron chi connectivity index (χ2n) is 4.24. The van der Waals surface area contributed by atoms with E-state index in [1.54, 1.807) is 7.11 Å². The number of methoxy groups -OCH3 is 1. The third-order valence-electron chi connectivity index (χ3n) is 2.76. The van der Waals surface area contributed by atoms with Gasteiger partial charge in [-0.05, 0) is 37.8 Å². The fourth-order valence-corrected chi connectivity index (χ4v) is 1.50. The minimum Gasteiger partial charge on any atom is -0.396 e. The molecule has 0 spiro atoms. The van der Waals surface area contributed by atoms with Crippen LogP contribution in [0.5, 0.6) is 0 Å². The van der Waals surface area contributed by atoms with Gasteiger partial charge in [0.05, 0.1) is 5.60 Å². The number of aliphatic hydroxyl groups is 1. The number of hydrogen-bond acceptors (Lipinski definition) is 2. The molecule has 0 bridgehead atoms. The maximum Gasteiger partial charge on any atom is 0.0871 e. The van der Waals surface area contributed by atoms with Crippen LogP contribution in [-0.4, -0.2) is 18.8 Å². The Morgan fingerprint density at radius 1 is 1.33 bits per heavy atom. The molecule has 0 radical (unpaired) electrons. The van der Waals surface area contributed by atoms with Crippen LogP contribution in [0.1, 0.15) is 31.4 Å². The molecule has 0 fully saturated rings. The molecule has 0 aliphatic carbocycles. The van der Waals surface area contributed by atoms with Crippen LogP contribution in [-0.2, 0) is 16.8 Å². The Bertz CT molecular complexity index is 305. The van der Waals surface area contributed by atoms with E-state index in [9.17, 15) is 0 Å². The molecule has 0 aliphatic heterocycles. The average Bonchev–Trinajstić information content (AvgIpc) is 2.27. The first-order valence-corrected chi connectivity index (χ1v) is 5.35. The Hall–Kier alpha value is -0.860. The van der Waals surface area contributed by atoms with Gasteiger partial charge in [0.2, 0.25) is 0 Å². The van der Waals surface area contributed by atoms with E-state index in [0.29, 0.717) is 0 Å². The van der Waals surface area contributed by atoms with Crippen LogP contribution in [0.25, 0.3) is 0 Å². The quantitative estimate of drug-likeness (QED) is 0.805. The van der Waals surface area contributed by atoms with Crippen LogP contribution in [0.15, 0.2) is 24.3 Å². The van der Waals surface area contributed by atoms with E-state index in [2.05, 4.69) is 32.0 Å². The Kier molecular flexibility index (Phi) is 4.30. The Labute approximate surface area is 91.9 Å². The molecule has 0 saturated heterocycles. The van der Waals surface area contributed by atoms with Crippen LogP contribution in [0.2, 0.25) is 0 Å². The summed E-state index contributed by atoms with van der Waals surface area (Å²) in [6, 6.07) is 8.36. The van der Waals surface area contributed by atoms with Crippen molar-refractivity contribution in [3.8, 4) is 0 Å². The summed E-state index contributed by atoms with van der Waals surface area (Å²) in [6.07, 6.45) is 1.74. The summed E-state index contributed by atoms with van der Waals surface area (Å²) in [5.74, 6) is 0. The molecular formula is C13H20O2. The number of benzene rings is 1. The Morgan fingerprint density at radius 2 is 2.07 bits per heavy atom. The van der Waals surface area contributed by atoms with Gasteiger partial charge in [0.25, 0.3) is 0 Å². The molecule has 1 rings (SSSR count). The molecule has 0 heterocycles. The first-order valence-electron chi connectivity index (χ1n) is 5.35. The van der Waals surface area contributed by atoms with Gasteiger partial charge < -0.3 is 9.84 Å². The van der Waals surface area contributed by atoms with Gasteiger partial charge in [0, 0.05) is 13.7 Å². The summed E-state index contributed by atoms with van der Waals surface area (Å²) >= 11 is 0. The van der Waals surface area contributed by atoms with Gasteiger partial charge in [-0.1, -0.05) is 24.3 Å². The van der Waals surface area contributed by atoms with E-state index in [1.807, 2.05) is 6.07 Å². The predicted octanol–water partition coefficient (Wildman–Crippen LogP) is 2.49. The lowest BCUT2D eigenvalue weighted by molar-refractivity contribution is 0.0191. The number of aryl methyl sites for hydroxylation is 1. The lowest BCUT2D eigenvalue weighted by Crippen LogP contribution is -2.19. The second kappa shape index (κ2) is 5.29. The van der Waals surface area contributed by atoms with Crippen LogP contribution < -0.4 is 0 Å². The lowest BCUT2D eigenvalue weighted by Gasteiger charge is -2.24. The molecule has 1 aromatic carbocycles. The summed E-state index contributed by atoms with van der Waals surface area (Å²) in [5.41, 5.74) is 2.20. The molecule has 0 aromatic heterocycles. The second-order valence-corrected chi connectivity index (χ2v) is 4.24. The van der Waals surface area contributed by atoms with E-state index < -0.39 is 0 Å². The number of aliphatic hydroxyl groups excluding tert-OH is 1. The molecule has 1 N–H and O–H groups in total. The number of rotatable bonds is 5. The summed E-state index contributed by atoms with van der Waals surface area (Å²) < 4.78 is 5.43. The van der Waals surface area contributed by atoms with Crippen molar-refractivity contribution in [1.82, 2.24) is 0 Å². The maximum absolute atomic E-state index is 8.78. The average molecular weight is 208 g/mol. The Morgan fingerprint density at radius 3 is 2.67 bits per heavy atom. The van der Waals surface area contributed by atoms with E-state index in [1.165, 1.54) is 11.1 Å². The molecule has 15 heavy (non-hydrogen) atoms. The highest BCUT2D eigenvalue weighted by Crippen LogP contribution is 2.24. The van der Waals surface area contributed by atoms with Crippen LogP contribution in [0, 0.1) is 0 Å². The first-order chi connectivity index (χ1) is 7.10. The van der Waals surface area contributed by atoms with Crippen LogP contribution >= 0.6 is 0 Å². The largest absolute Gasteiger partial charge is 0.396 e. The van der Waals surface area contributed by atoms with Crippen LogP contribution in [0.4, 0.5) is 0 Å². The molecular weight excluding hydrogens is 188 g/mol. The van der Waals surface area contributed by atoms with Crippen molar-refractivity contribution in [2.24, 2.45) is 0 Å². The zero-order chi connectivity index (χ0) is 11.3. The van der Waals surface area contributed by atoms with Gasteiger partial charge in [0.15, 0.2) is 0 Å². The van der Waals surface area contributed by atoms with E-state index in [-0.39, 0.29) is 12.2 Å². The zero-order valence-electron chi connectivity index (χ0n) is 9.79. The molecule has 0 unspecified atom stereocenters. The molecule has 84 valence electrons. The minimum absolute atomic E-state index is 0.241. The highest BCUT2D eigenvalue weighted by molar-refractivity contribution is 5.27. The van der Waals surface area contributed by atoms with Gasteiger partial charge in [-0.15, -0.1) is 0 Å². The standard InChI is InChI=1S/C13H20O2/c1-13(2,15-3)12-8-4-6-11(10-12)7-5-9-14/h4,6,8,10,14H,5,7,9H2,1-3H3. The van der Waals surface area contributed by atoms with Crippen LogP contribution in [0.3, 0.4) is 0 Å². The lowest BCUT2D eigenvalue weighted by atomic mass is 9.95. The highest BCUT2D eigenvalue weighted by atomic mass is 16.5. The van der Waals surface area contributed by atoms with Crippen molar-refractivity contribution in [2.45, 2.75) is 32.3 Å². The SMILES string of the molecule is COC(C)(C)c1cccc(CCCO)c1. The molecule has 2 nitrogen and oxygen atoms in total. The molecule has 0 amide bonds. The molecule has 2 heteroatoms. The fraction of sp³-hybridized carbons (Fsp3) is 0.538. The van der Waals surface area contributed by atoms with Crippen molar-refractivity contribution >= 4 is 0 Å². The normalized spacial score (nSPS) is 11.7. The van der Waals surface area contributed by atoms with Gasteiger partial charge in [-0.3, -0.25) is 0 Å². The summed E-state index contributed by atoms with van der Waals surface area (Å²) in [7, 11) is 1.72. The number of hydrogen-bond donors (Lipinski definition) is 1. The predicted molar refractivity (Wildman–Crippen MR) is 61.9 cm³/mol. The third-order valence-corrected chi connectivity index (χ3v) is 2.76. The van der Waals surface area contributed by atoms with Gasteiger partial charge in [-0.25, -0.2) is 0 Å².